The molecule has 86 valence electrons. The fourth-order valence-corrected chi connectivity index (χ4v) is 2.37. The second kappa shape index (κ2) is 5.80. The van der Waals surface area contributed by atoms with Crippen molar-refractivity contribution in [1.82, 2.24) is 4.90 Å². The molecule has 0 aliphatic carbocycles. The molecule has 2 rings (SSSR count). The highest BCUT2D eigenvalue weighted by molar-refractivity contribution is 5.57. The summed E-state index contributed by atoms with van der Waals surface area (Å²) in [5.41, 5.74) is 1.36. The lowest BCUT2D eigenvalue weighted by molar-refractivity contribution is -0.113. The van der Waals surface area contributed by atoms with E-state index >= 15 is 0 Å². The maximum absolute atomic E-state index is 10.9. The topological polar surface area (TPSA) is 20.3 Å². The zero-order valence-electron chi connectivity index (χ0n) is 9.64. The lowest BCUT2D eigenvalue weighted by atomic mass is 10.0. The molecule has 16 heavy (non-hydrogen) atoms. The van der Waals surface area contributed by atoms with E-state index in [1.807, 2.05) is 6.07 Å². The highest BCUT2D eigenvalue weighted by atomic mass is 16.1. The summed E-state index contributed by atoms with van der Waals surface area (Å²) in [6.07, 6.45) is 5.64. The third-order valence-corrected chi connectivity index (χ3v) is 3.35. The number of piperidine rings is 1. The lowest BCUT2D eigenvalue weighted by Crippen LogP contribution is -2.41. The first kappa shape index (κ1) is 11.3. The molecule has 0 bridgehead atoms. The van der Waals surface area contributed by atoms with Gasteiger partial charge in [-0.3, -0.25) is 4.90 Å². The van der Waals surface area contributed by atoms with Crippen molar-refractivity contribution in [1.29, 1.82) is 0 Å². The van der Waals surface area contributed by atoms with Crippen LogP contribution in [0.5, 0.6) is 0 Å². The number of hydrogen-bond donors (Lipinski definition) is 0. The molecule has 2 nitrogen and oxygen atoms in total. The number of aldehydes is 1. The molecule has 0 saturated carbocycles. The van der Waals surface area contributed by atoms with E-state index in [4.69, 9.17) is 0 Å². The molecule has 1 aliphatic rings. The fourth-order valence-electron chi connectivity index (χ4n) is 2.37. The van der Waals surface area contributed by atoms with Crippen molar-refractivity contribution in [2.75, 3.05) is 13.1 Å². The zero-order chi connectivity index (χ0) is 11.2. The van der Waals surface area contributed by atoms with Gasteiger partial charge in [0, 0.05) is 6.54 Å². The molecule has 1 aliphatic heterocycles. The quantitative estimate of drug-likeness (QED) is 0.721. The Morgan fingerprint density at radius 1 is 1.25 bits per heavy atom. The first-order valence-electron chi connectivity index (χ1n) is 6.13. The summed E-state index contributed by atoms with van der Waals surface area (Å²) in [5, 5.41) is 0. The van der Waals surface area contributed by atoms with Gasteiger partial charge in [0.2, 0.25) is 0 Å². The maximum atomic E-state index is 10.9. The molecule has 0 unspecified atom stereocenters. The van der Waals surface area contributed by atoms with Crippen LogP contribution in [0.25, 0.3) is 0 Å². The van der Waals surface area contributed by atoms with Crippen molar-refractivity contribution in [3.8, 4) is 0 Å². The van der Waals surface area contributed by atoms with Crippen LogP contribution in [0, 0.1) is 0 Å². The predicted octanol–water partition coefficient (Wildman–Crippen LogP) is 2.28. The van der Waals surface area contributed by atoms with Gasteiger partial charge in [0.25, 0.3) is 0 Å². The normalized spacial score (nSPS) is 21.9. The summed E-state index contributed by atoms with van der Waals surface area (Å²) in [6, 6.07) is 10.7. The molecule has 0 N–H and O–H groups in total. The van der Waals surface area contributed by atoms with Gasteiger partial charge in [0.05, 0.1) is 6.04 Å². The number of hydrogen-bond acceptors (Lipinski definition) is 2. The molecule has 1 aromatic rings. The van der Waals surface area contributed by atoms with Gasteiger partial charge in [-0.05, 0) is 31.4 Å². The molecule has 1 fully saturated rings. The Balaban J connectivity index is 1.86. The summed E-state index contributed by atoms with van der Waals surface area (Å²) in [4.78, 5) is 13.3. The second-order valence-electron chi connectivity index (χ2n) is 4.47. The van der Waals surface area contributed by atoms with Crippen molar-refractivity contribution < 1.29 is 4.79 Å². The maximum Gasteiger partial charge on any atom is 0.137 e. The van der Waals surface area contributed by atoms with Crippen molar-refractivity contribution in [2.24, 2.45) is 0 Å². The predicted molar refractivity (Wildman–Crippen MR) is 65.4 cm³/mol. The van der Waals surface area contributed by atoms with Crippen LogP contribution in [0.15, 0.2) is 30.3 Å². The van der Waals surface area contributed by atoms with Crippen LogP contribution in [0.4, 0.5) is 0 Å². The van der Waals surface area contributed by atoms with E-state index in [0.717, 1.165) is 32.2 Å². The minimum absolute atomic E-state index is 0.164. The van der Waals surface area contributed by atoms with Crippen LogP contribution in [-0.2, 0) is 11.2 Å². The third-order valence-electron chi connectivity index (χ3n) is 3.35. The highest BCUT2D eigenvalue weighted by Crippen LogP contribution is 2.15. The SMILES string of the molecule is O=C[C@@H]1CCCCN1CCc1ccccc1. The van der Waals surface area contributed by atoms with E-state index in [1.165, 1.54) is 18.4 Å². The average molecular weight is 217 g/mol. The summed E-state index contributed by atoms with van der Waals surface area (Å²) < 4.78 is 0. The largest absolute Gasteiger partial charge is 0.302 e. The van der Waals surface area contributed by atoms with Gasteiger partial charge in [-0.1, -0.05) is 36.8 Å². The summed E-state index contributed by atoms with van der Waals surface area (Å²) in [5.74, 6) is 0. The number of carbonyl (C=O) groups is 1. The first-order chi connectivity index (χ1) is 7.90. The molecule has 0 aromatic heterocycles. The van der Waals surface area contributed by atoms with E-state index in [2.05, 4.69) is 29.2 Å². The molecular weight excluding hydrogens is 198 g/mol. The first-order valence-corrected chi connectivity index (χ1v) is 6.13. The Bertz CT molecular complexity index is 323. The van der Waals surface area contributed by atoms with Crippen molar-refractivity contribution in [3.05, 3.63) is 35.9 Å². The van der Waals surface area contributed by atoms with Crippen LogP contribution >= 0.6 is 0 Å². The highest BCUT2D eigenvalue weighted by Gasteiger charge is 2.20. The molecular formula is C14H19NO. The number of carbonyl (C=O) groups excluding carboxylic acids is 1. The summed E-state index contributed by atoms with van der Waals surface area (Å²) in [6.45, 7) is 2.09. The van der Waals surface area contributed by atoms with Gasteiger partial charge in [-0.2, -0.15) is 0 Å². The van der Waals surface area contributed by atoms with E-state index < -0.39 is 0 Å². The summed E-state index contributed by atoms with van der Waals surface area (Å²) in [7, 11) is 0. The van der Waals surface area contributed by atoms with Gasteiger partial charge in [-0.25, -0.2) is 0 Å². The van der Waals surface area contributed by atoms with Crippen molar-refractivity contribution >= 4 is 6.29 Å². The molecule has 0 spiro atoms. The van der Waals surface area contributed by atoms with Crippen molar-refractivity contribution in [3.63, 3.8) is 0 Å². The Labute approximate surface area is 97.3 Å². The number of rotatable bonds is 4. The number of benzene rings is 1. The fraction of sp³-hybridized carbons (Fsp3) is 0.500. The Morgan fingerprint density at radius 2 is 2.06 bits per heavy atom. The van der Waals surface area contributed by atoms with Crippen LogP contribution in [0.2, 0.25) is 0 Å². The van der Waals surface area contributed by atoms with Crippen LogP contribution < -0.4 is 0 Å². The monoisotopic (exact) mass is 217 g/mol. The van der Waals surface area contributed by atoms with E-state index in [9.17, 15) is 4.79 Å². The standard InChI is InChI=1S/C14H19NO/c16-12-14-8-4-5-10-15(14)11-9-13-6-2-1-3-7-13/h1-3,6-7,12,14H,4-5,8-11H2/t14-/m0/s1. The van der Waals surface area contributed by atoms with Crippen LogP contribution in [0.3, 0.4) is 0 Å². The summed E-state index contributed by atoms with van der Waals surface area (Å²) >= 11 is 0. The smallest absolute Gasteiger partial charge is 0.137 e. The van der Waals surface area contributed by atoms with E-state index in [1.54, 1.807) is 0 Å². The van der Waals surface area contributed by atoms with Gasteiger partial charge < -0.3 is 4.79 Å². The lowest BCUT2D eigenvalue weighted by Gasteiger charge is -2.32. The van der Waals surface area contributed by atoms with E-state index in [-0.39, 0.29) is 6.04 Å². The van der Waals surface area contributed by atoms with Gasteiger partial charge in [0.15, 0.2) is 0 Å². The minimum Gasteiger partial charge on any atom is -0.302 e. The molecule has 2 heteroatoms. The van der Waals surface area contributed by atoms with Gasteiger partial charge >= 0.3 is 0 Å². The molecule has 1 atom stereocenters. The van der Waals surface area contributed by atoms with E-state index in [0.29, 0.717) is 0 Å². The van der Waals surface area contributed by atoms with Crippen LogP contribution in [0.1, 0.15) is 24.8 Å². The Kier molecular flexibility index (Phi) is 4.11. The number of nitrogens with zero attached hydrogens (tertiary/aromatic N) is 1. The Hall–Kier alpha value is -1.15. The average Bonchev–Trinajstić information content (AvgIpc) is 2.38. The number of likely N-dealkylation sites (tertiary alicyclic amines) is 1. The Morgan fingerprint density at radius 3 is 2.81 bits per heavy atom. The molecule has 1 aromatic carbocycles. The van der Waals surface area contributed by atoms with Crippen molar-refractivity contribution in [2.45, 2.75) is 31.7 Å². The zero-order valence-corrected chi connectivity index (χ0v) is 9.64. The molecule has 1 saturated heterocycles. The van der Waals surface area contributed by atoms with Crippen LogP contribution in [-0.4, -0.2) is 30.3 Å². The minimum atomic E-state index is 0.164. The third kappa shape index (κ3) is 2.92. The molecule has 0 radical (unpaired) electrons. The molecule has 0 amide bonds. The van der Waals surface area contributed by atoms with Gasteiger partial charge in [-0.15, -0.1) is 0 Å². The molecule has 1 heterocycles. The second-order valence-corrected chi connectivity index (χ2v) is 4.47. The van der Waals surface area contributed by atoms with Gasteiger partial charge in [0.1, 0.15) is 6.29 Å².